The summed E-state index contributed by atoms with van der Waals surface area (Å²) < 4.78 is 5.77. The molecule has 3 fully saturated rings. The van der Waals surface area contributed by atoms with E-state index < -0.39 is 16.8 Å². The highest BCUT2D eigenvalue weighted by molar-refractivity contribution is 5.98. The van der Waals surface area contributed by atoms with Gasteiger partial charge in [-0.1, -0.05) is 26.0 Å². The number of carboxylic acids is 1. The molecular formula is C22H31NO4. The lowest BCUT2D eigenvalue weighted by atomic mass is 9.45. The molecule has 1 saturated heterocycles. The van der Waals surface area contributed by atoms with Crippen LogP contribution in [0.15, 0.2) is 23.3 Å². The average molecular weight is 373 g/mol. The van der Waals surface area contributed by atoms with E-state index in [0.717, 1.165) is 37.0 Å². The van der Waals surface area contributed by atoms with Crippen LogP contribution in [0.5, 0.6) is 0 Å². The van der Waals surface area contributed by atoms with Gasteiger partial charge in [0.15, 0.2) is 5.78 Å². The summed E-state index contributed by atoms with van der Waals surface area (Å²) >= 11 is 0. The molecule has 3 aliphatic carbocycles. The summed E-state index contributed by atoms with van der Waals surface area (Å²) in [5.41, 5.74) is 8.31. The first-order chi connectivity index (χ1) is 12.6. The highest BCUT2D eigenvalue weighted by Crippen LogP contribution is 2.63. The maximum Gasteiger partial charge on any atom is 0.303 e. The minimum Gasteiger partial charge on any atom is -0.481 e. The highest BCUT2D eigenvalue weighted by atomic mass is 16.5. The van der Waals surface area contributed by atoms with Gasteiger partial charge in [0.05, 0.1) is 19.1 Å². The standard InChI is InChI=1S/C22H31NO4/c1-11-13-5-6-17-15(10-27-17)14(13)7-22(9-18(25)26)8-16(24)12(2)19(20(11)23)21(22,3)4/h13-15,17,20H,1,5-10,23H2,2-4H3,(H,25,26). The number of Topliss-reactive ketones (excluding diaryl/α,β-unsaturated/α-hetero) is 1. The number of nitrogens with two attached hydrogens (primary N) is 1. The third kappa shape index (κ3) is 2.51. The summed E-state index contributed by atoms with van der Waals surface area (Å²) in [6, 6.07) is -0.386. The van der Waals surface area contributed by atoms with Crippen LogP contribution in [-0.2, 0) is 14.3 Å². The number of carboxylic acid groups (broad SMARTS) is 1. The molecule has 0 aromatic heterocycles. The van der Waals surface area contributed by atoms with E-state index in [9.17, 15) is 14.7 Å². The summed E-state index contributed by atoms with van der Waals surface area (Å²) in [5.74, 6) is 0.215. The van der Waals surface area contributed by atoms with Crippen molar-refractivity contribution in [3.63, 3.8) is 0 Å². The molecule has 4 rings (SSSR count). The van der Waals surface area contributed by atoms with Crippen LogP contribution in [0.1, 0.15) is 52.9 Å². The van der Waals surface area contributed by atoms with Crippen LogP contribution >= 0.6 is 0 Å². The second-order valence-electron chi connectivity index (χ2n) is 9.75. The Kier molecular flexibility index (Phi) is 4.21. The van der Waals surface area contributed by atoms with Crippen LogP contribution in [0.4, 0.5) is 0 Å². The van der Waals surface area contributed by atoms with Gasteiger partial charge < -0.3 is 15.6 Å². The van der Waals surface area contributed by atoms with Gasteiger partial charge in [-0.05, 0) is 60.0 Å². The zero-order valence-electron chi connectivity index (χ0n) is 16.6. The van der Waals surface area contributed by atoms with Crippen molar-refractivity contribution in [3.05, 3.63) is 23.3 Å². The Balaban J connectivity index is 1.90. The molecule has 4 aliphatic rings. The van der Waals surface area contributed by atoms with Crippen molar-refractivity contribution in [1.82, 2.24) is 0 Å². The fourth-order valence-corrected chi connectivity index (χ4v) is 6.68. The molecule has 148 valence electrons. The van der Waals surface area contributed by atoms with E-state index in [4.69, 9.17) is 10.5 Å². The molecule has 27 heavy (non-hydrogen) atoms. The van der Waals surface area contributed by atoms with Crippen molar-refractivity contribution in [2.45, 2.75) is 65.0 Å². The SMILES string of the molecule is C=C1C(N)C2=C(C)C(=O)CC(CC(=O)O)(CC3C1CCC1OCC13)C2(C)C. The van der Waals surface area contributed by atoms with Crippen LogP contribution in [0.3, 0.4) is 0 Å². The predicted molar refractivity (Wildman–Crippen MR) is 102 cm³/mol. The number of ether oxygens (including phenoxy) is 1. The van der Waals surface area contributed by atoms with Gasteiger partial charge in [-0.15, -0.1) is 0 Å². The van der Waals surface area contributed by atoms with Gasteiger partial charge in [-0.3, -0.25) is 9.59 Å². The summed E-state index contributed by atoms with van der Waals surface area (Å²) in [6.07, 6.45) is 3.31. The van der Waals surface area contributed by atoms with Crippen molar-refractivity contribution in [1.29, 1.82) is 0 Å². The Morgan fingerprint density at radius 1 is 1.33 bits per heavy atom. The molecule has 0 amide bonds. The minimum absolute atomic E-state index is 0.00315. The van der Waals surface area contributed by atoms with E-state index in [1.54, 1.807) is 0 Å². The third-order valence-electron chi connectivity index (χ3n) is 8.43. The molecule has 0 radical (unpaired) electrons. The van der Waals surface area contributed by atoms with Crippen LogP contribution in [0.25, 0.3) is 0 Å². The molecule has 2 saturated carbocycles. The smallest absolute Gasteiger partial charge is 0.303 e. The fourth-order valence-electron chi connectivity index (χ4n) is 6.68. The Morgan fingerprint density at radius 2 is 2.04 bits per heavy atom. The quantitative estimate of drug-likeness (QED) is 0.726. The lowest BCUT2D eigenvalue weighted by Gasteiger charge is -2.60. The lowest BCUT2D eigenvalue weighted by Crippen LogP contribution is -2.59. The van der Waals surface area contributed by atoms with E-state index in [1.165, 1.54) is 0 Å². The molecule has 1 aliphatic heterocycles. The van der Waals surface area contributed by atoms with Crippen LogP contribution < -0.4 is 5.73 Å². The van der Waals surface area contributed by atoms with Gasteiger partial charge >= 0.3 is 5.97 Å². The molecule has 6 atom stereocenters. The number of ketones is 1. The van der Waals surface area contributed by atoms with Gasteiger partial charge in [-0.2, -0.15) is 0 Å². The fraction of sp³-hybridized carbons (Fsp3) is 0.727. The number of carbonyl (C=O) groups excluding carboxylic acids is 1. The zero-order chi connectivity index (χ0) is 19.7. The summed E-state index contributed by atoms with van der Waals surface area (Å²) in [4.78, 5) is 24.9. The zero-order valence-corrected chi connectivity index (χ0v) is 16.6. The molecule has 0 aromatic carbocycles. The van der Waals surface area contributed by atoms with Crippen molar-refractivity contribution in [3.8, 4) is 0 Å². The largest absolute Gasteiger partial charge is 0.481 e. The van der Waals surface area contributed by atoms with Crippen molar-refractivity contribution in [2.75, 3.05) is 6.61 Å². The molecule has 0 spiro atoms. The molecule has 2 bridgehead atoms. The first-order valence-electron chi connectivity index (χ1n) is 10.1. The summed E-state index contributed by atoms with van der Waals surface area (Å²) in [7, 11) is 0. The second kappa shape index (κ2) is 6.02. The molecule has 6 unspecified atom stereocenters. The number of aliphatic carboxylic acids is 1. The van der Waals surface area contributed by atoms with Crippen LogP contribution in [-0.4, -0.2) is 35.6 Å². The lowest BCUT2D eigenvalue weighted by molar-refractivity contribution is -0.182. The summed E-state index contributed by atoms with van der Waals surface area (Å²) in [5, 5.41) is 9.76. The molecular weight excluding hydrogens is 342 g/mol. The third-order valence-corrected chi connectivity index (χ3v) is 8.43. The number of allylic oxidation sites excluding steroid dienone is 1. The van der Waals surface area contributed by atoms with Gasteiger partial charge in [0.25, 0.3) is 0 Å². The number of rotatable bonds is 2. The van der Waals surface area contributed by atoms with E-state index in [-0.39, 0.29) is 30.3 Å². The average Bonchev–Trinajstić information content (AvgIpc) is 2.52. The van der Waals surface area contributed by atoms with E-state index in [0.29, 0.717) is 23.8 Å². The first kappa shape index (κ1) is 18.9. The molecule has 0 aromatic rings. The Labute approximate surface area is 161 Å². The predicted octanol–water partition coefficient (Wildman–Crippen LogP) is 3.09. The Hall–Kier alpha value is -1.46. The Bertz CT molecular complexity index is 751. The number of hydrogen-bond donors (Lipinski definition) is 2. The molecule has 1 heterocycles. The van der Waals surface area contributed by atoms with Gasteiger partial charge in [0, 0.05) is 18.4 Å². The van der Waals surface area contributed by atoms with E-state index >= 15 is 0 Å². The molecule has 3 N–H and O–H groups in total. The van der Waals surface area contributed by atoms with E-state index in [1.807, 2.05) is 6.92 Å². The minimum atomic E-state index is -0.837. The van der Waals surface area contributed by atoms with E-state index in [2.05, 4.69) is 20.4 Å². The normalized spacial score (nSPS) is 43.2. The van der Waals surface area contributed by atoms with Crippen LogP contribution in [0.2, 0.25) is 0 Å². The van der Waals surface area contributed by atoms with Crippen molar-refractivity contribution >= 4 is 11.8 Å². The monoisotopic (exact) mass is 373 g/mol. The van der Waals surface area contributed by atoms with Gasteiger partial charge in [-0.25, -0.2) is 0 Å². The van der Waals surface area contributed by atoms with Crippen molar-refractivity contribution in [2.24, 2.45) is 34.3 Å². The first-order valence-corrected chi connectivity index (χ1v) is 10.1. The number of carbonyl (C=O) groups is 2. The number of fused-ring (bicyclic) bond motifs is 5. The van der Waals surface area contributed by atoms with Gasteiger partial charge in [0.1, 0.15) is 0 Å². The number of hydrogen-bond acceptors (Lipinski definition) is 4. The topological polar surface area (TPSA) is 89.6 Å². The summed E-state index contributed by atoms with van der Waals surface area (Å²) in [6.45, 7) is 11.2. The maximum atomic E-state index is 13.0. The van der Waals surface area contributed by atoms with Crippen LogP contribution in [0, 0.1) is 28.6 Å². The molecule has 5 nitrogen and oxygen atoms in total. The Morgan fingerprint density at radius 3 is 2.63 bits per heavy atom. The molecule has 5 heteroatoms. The van der Waals surface area contributed by atoms with Gasteiger partial charge in [0.2, 0.25) is 0 Å². The van der Waals surface area contributed by atoms with Crippen molar-refractivity contribution < 1.29 is 19.4 Å². The second-order valence-corrected chi connectivity index (χ2v) is 9.75. The highest BCUT2D eigenvalue weighted by Gasteiger charge is 2.60. The maximum absolute atomic E-state index is 13.0.